The maximum absolute atomic E-state index is 11.1. The van der Waals surface area contributed by atoms with Gasteiger partial charge in [0.2, 0.25) is 0 Å². The van der Waals surface area contributed by atoms with Crippen LogP contribution in [-0.4, -0.2) is 11.1 Å². The number of carbonyl (C=O) groups is 1. The lowest BCUT2D eigenvalue weighted by atomic mass is 9.94. The van der Waals surface area contributed by atoms with Gasteiger partial charge < -0.3 is 5.11 Å². The molecule has 1 N–H and O–H groups in total. The molecule has 0 radical (unpaired) electrons. The normalized spacial score (nSPS) is 28.2. The van der Waals surface area contributed by atoms with Crippen molar-refractivity contribution in [3.8, 4) is 6.07 Å². The van der Waals surface area contributed by atoms with Crippen molar-refractivity contribution in [3.05, 3.63) is 0 Å². The second-order valence-corrected chi connectivity index (χ2v) is 5.49. The zero-order valence-corrected chi connectivity index (χ0v) is 11.2. The Balaban J connectivity index is 2.40. The van der Waals surface area contributed by atoms with Crippen molar-refractivity contribution in [1.29, 1.82) is 5.26 Å². The third-order valence-corrected chi connectivity index (χ3v) is 3.99. The fourth-order valence-electron chi connectivity index (χ4n) is 2.76. The summed E-state index contributed by atoms with van der Waals surface area (Å²) in [5.74, 6) is -0.543. The molecule has 3 nitrogen and oxygen atoms in total. The second kappa shape index (κ2) is 8.97. The second-order valence-electron chi connectivity index (χ2n) is 5.49. The molecule has 0 heterocycles. The van der Waals surface area contributed by atoms with E-state index in [0.29, 0.717) is 0 Å². The third-order valence-electron chi connectivity index (χ3n) is 3.99. The predicted molar refractivity (Wildman–Crippen MR) is 71.0 cm³/mol. The Morgan fingerprint density at radius 3 is 1.78 bits per heavy atom. The summed E-state index contributed by atoms with van der Waals surface area (Å²) in [4.78, 5) is 11.1. The number of hydrogen-bond acceptors (Lipinski definition) is 2. The van der Waals surface area contributed by atoms with Crippen molar-refractivity contribution >= 4 is 5.97 Å². The SMILES string of the molecule is N#CC1CCCCCCC(C(=O)O)CCCCC1. The van der Waals surface area contributed by atoms with Gasteiger partial charge in [0.25, 0.3) is 0 Å². The predicted octanol–water partition coefficient (Wildman–Crippen LogP) is 4.13. The molecule has 3 heteroatoms. The number of aliphatic carboxylic acids is 1. The number of nitrogens with zero attached hydrogens (tertiary/aromatic N) is 1. The van der Waals surface area contributed by atoms with E-state index in [1.165, 1.54) is 0 Å². The Hall–Kier alpha value is -1.04. The van der Waals surface area contributed by atoms with Crippen molar-refractivity contribution in [2.24, 2.45) is 11.8 Å². The van der Waals surface area contributed by atoms with Crippen molar-refractivity contribution < 1.29 is 9.90 Å². The van der Waals surface area contributed by atoms with E-state index in [4.69, 9.17) is 10.4 Å². The van der Waals surface area contributed by atoms with Gasteiger partial charge in [0, 0.05) is 5.92 Å². The summed E-state index contributed by atoms with van der Waals surface area (Å²) in [6.07, 6.45) is 11.2. The van der Waals surface area contributed by atoms with Gasteiger partial charge in [0.05, 0.1) is 12.0 Å². The lowest BCUT2D eigenvalue weighted by Gasteiger charge is -2.11. The van der Waals surface area contributed by atoms with Crippen LogP contribution in [0.5, 0.6) is 0 Å². The minimum atomic E-state index is -0.625. The number of rotatable bonds is 1. The first-order valence-electron chi connectivity index (χ1n) is 7.36. The molecule has 0 spiro atoms. The molecule has 1 aliphatic carbocycles. The molecule has 0 bridgehead atoms. The smallest absolute Gasteiger partial charge is 0.306 e. The van der Waals surface area contributed by atoms with Gasteiger partial charge in [-0.2, -0.15) is 5.26 Å². The van der Waals surface area contributed by atoms with Crippen LogP contribution in [-0.2, 0) is 4.79 Å². The summed E-state index contributed by atoms with van der Waals surface area (Å²) in [5, 5.41) is 18.2. The Bertz CT molecular complexity index is 283. The fourth-order valence-corrected chi connectivity index (χ4v) is 2.76. The van der Waals surface area contributed by atoms with Crippen LogP contribution in [0.2, 0.25) is 0 Å². The van der Waals surface area contributed by atoms with Gasteiger partial charge in [-0.3, -0.25) is 4.79 Å². The first kappa shape index (κ1) is 15.0. The summed E-state index contributed by atoms with van der Waals surface area (Å²) in [5.41, 5.74) is 0. The van der Waals surface area contributed by atoms with E-state index in [1.807, 2.05) is 0 Å². The summed E-state index contributed by atoms with van der Waals surface area (Å²) >= 11 is 0. The van der Waals surface area contributed by atoms with Gasteiger partial charge in [-0.15, -0.1) is 0 Å². The molecule has 1 rings (SSSR count). The lowest BCUT2D eigenvalue weighted by molar-refractivity contribution is -0.142. The number of nitriles is 1. The summed E-state index contributed by atoms with van der Waals surface area (Å²) in [6, 6.07) is 2.40. The highest BCUT2D eigenvalue weighted by molar-refractivity contribution is 5.69. The zero-order valence-electron chi connectivity index (χ0n) is 11.2. The molecule has 102 valence electrons. The monoisotopic (exact) mass is 251 g/mol. The van der Waals surface area contributed by atoms with Gasteiger partial charge in [0.1, 0.15) is 0 Å². The lowest BCUT2D eigenvalue weighted by Crippen LogP contribution is -2.13. The Morgan fingerprint density at radius 2 is 1.33 bits per heavy atom. The van der Waals surface area contributed by atoms with Crippen LogP contribution in [0.25, 0.3) is 0 Å². The third kappa shape index (κ3) is 6.05. The van der Waals surface area contributed by atoms with Gasteiger partial charge >= 0.3 is 5.97 Å². The quantitative estimate of drug-likeness (QED) is 0.762. The largest absolute Gasteiger partial charge is 0.481 e. The molecule has 2 atom stereocenters. The minimum Gasteiger partial charge on any atom is -0.481 e. The molecule has 1 aliphatic rings. The number of carboxylic acids is 1. The van der Waals surface area contributed by atoms with Gasteiger partial charge in [-0.05, 0) is 25.7 Å². The molecule has 0 aromatic carbocycles. The van der Waals surface area contributed by atoms with Crippen molar-refractivity contribution in [2.75, 3.05) is 0 Å². The maximum Gasteiger partial charge on any atom is 0.306 e. The molecule has 0 aliphatic heterocycles. The van der Waals surface area contributed by atoms with Gasteiger partial charge in [-0.1, -0.05) is 44.9 Å². The van der Waals surface area contributed by atoms with Crippen molar-refractivity contribution in [3.63, 3.8) is 0 Å². The van der Waals surface area contributed by atoms with Crippen LogP contribution in [0.3, 0.4) is 0 Å². The fraction of sp³-hybridized carbons (Fsp3) is 0.867. The summed E-state index contributed by atoms with van der Waals surface area (Å²) in [7, 11) is 0. The average molecular weight is 251 g/mol. The number of hydrogen-bond donors (Lipinski definition) is 1. The van der Waals surface area contributed by atoms with E-state index in [0.717, 1.165) is 70.6 Å². The Labute approximate surface area is 110 Å². The van der Waals surface area contributed by atoms with Gasteiger partial charge in [0.15, 0.2) is 0 Å². The Kier molecular flexibility index (Phi) is 7.48. The Morgan fingerprint density at radius 1 is 0.889 bits per heavy atom. The highest BCUT2D eigenvalue weighted by Gasteiger charge is 2.17. The van der Waals surface area contributed by atoms with E-state index < -0.39 is 5.97 Å². The molecule has 0 saturated heterocycles. The highest BCUT2D eigenvalue weighted by atomic mass is 16.4. The standard InChI is InChI=1S/C15H25NO2/c16-12-13-8-4-1-2-6-10-14(15(17)18)11-7-3-5-9-13/h13-14H,1-11H2,(H,17,18). The van der Waals surface area contributed by atoms with Crippen molar-refractivity contribution in [1.82, 2.24) is 0 Å². The zero-order chi connectivity index (χ0) is 13.2. The minimum absolute atomic E-state index is 0.141. The molecule has 2 unspecified atom stereocenters. The molecular formula is C15H25NO2. The molecule has 0 aromatic heterocycles. The van der Waals surface area contributed by atoms with Crippen molar-refractivity contribution in [2.45, 2.75) is 70.6 Å². The first-order chi connectivity index (χ1) is 8.74. The highest BCUT2D eigenvalue weighted by Crippen LogP contribution is 2.23. The van der Waals surface area contributed by atoms with Crippen LogP contribution in [0, 0.1) is 23.2 Å². The van der Waals surface area contributed by atoms with Crippen LogP contribution in [0.15, 0.2) is 0 Å². The molecule has 1 fully saturated rings. The first-order valence-corrected chi connectivity index (χ1v) is 7.36. The van der Waals surface area contributed by atoms with E-state index in [-0.39, 0.29) is 11.8 Å². The molecule has 0 amide bonds. The van der Waals surface area contributed by atoms with E-state index >= 15 is 0 Å². The number of carboxylic acid groups (broad SMARTS) is 1. The topological polar surface area (TPSA) is 61.1 Å². The summed E-state index contributed by atoms with van der Waals surface area (Å²) < 4.78 is 0. The average Bonchev–Trinajstić information content (AvgIpc) is 2.38. The van der Waals surface area contributed by atoms with E-state index in [9.17, 15) is 4.79 Å². The molecular weight excluding hydrogens is 226 g/mol. The molecule has 1 saturated carbocycles. The summed E-state index contributed by atoms with van der Waals surface area (Å²) in [6.45, 7) is 0. The van der Waals surface area contributed by atoms with Crippen LogP contribution in [0.1, 0.15) is 70.6 Å². The molecule has 0 aromatic rings. The van der Waals surface area contributed by atoms with Crippen LogP contribution in [0.4, 0.5) is 0 Å². The maximum atomic E-state index is 11.1. The van der Waals surface area contributed by atoms with Crippen LogP contribution >= 0.6 is 0 Å². The van der Waals surface area contributed by atoms with Gasteiger partial charge in [-0.25, -0.2) is 0 Å². The molecule has 18 heavy (non-hydrogen) atoms. The van der Waals surface area contributed by atoms with Crippen LogP contribution < -0.4 is 0 Å². The van der Waals surface area contributed by atoms with E-state index in [1.54, 1.807) is 0 Å². The van der Waals surface area contributed by atoms with E-state index in [2.05, 4.69) is 6.07 Å².